The van der Waals surface area contributed by atoms with E-state index >= 15 is 0 Å². The number of thioether (sulfide) groups is 1. The van der Waals surface area contributed by atoms with Gasteiger partial charge >= 0.3 is 5.69 Å². The lowest BCUT2D eigenvalue weighted by Gasteiger charge is -2.15. The van der Waals surface area contributed by atoms with Crippen molar-refractivity contribution in [1.29, 1.82) is 0 Å². The van der Waals surface area contributed by atoms with Crippen molar-refractivity contribution in [2.24, 2.45) is 7.05 Å². The fourth-order valence-corrected chi connectivity index (χ4v) is 3.12. The minimum atomic E-state index is -0.319. The van der Waals surface area contributed by atoms with Crippen molar-refractivity contribution in [2.75, 3.05) is 6.26 Å². The third-order valence-corrected chi connectivity index (χ3v) is 4.63. The number of aromatic hydroxyl groups is 1. The number of phenolic OH excluding ortho intramolecular Hbond substituents is 1. The molecule has 0 spiro atoms. The second-order valence-corrected chi connectivity index (χ2v) is 6.34. The zero-order valence-corrected chi connectivity index (χ0v) is 14.9. The number of tetrazole rings is 1. The molecule has 7 nitrogen and oxygen atoms in total. The number of aryl methyl sites for hydroxylation is 2. The highest BCUT2D eigenvalue weighted by Gasteiger charge is 2.15. The zero-order chi connectivity index (χ0) is 18.0. The first-order valence-electron chi connectivity index (χ1n) is 7.59. The maximum absolute atomic E-state index is 12.2. The highest BCUT2D eigenvalue weighted by molar-refractivity contribution is 7.98. The van der Waals surface area contributed by atoms with Crippen LogP contribution in [-0.4, -0.2) is 31.2 Å². The van der Waals surface area contributed by atoms with Gasteiger partial charge in [-0.2, -0.15) is 9.36 Å². The van der Waals surface area contributed by atoms with Gasteiger partial charge in [0.2, 0.25) is 0 Å². The standard InChI is InChI=1S/C17H18N4O3S/c1-11-9-12(22)7-8-15(11)24-10-13-14(5-4-6-16(13)25-3)21-17(23)20(2)18-19-21/h4-9,22H,10H2,1-3H3. The van der Waals surface area contributed by atoms with Crippen LogP contribution < -0.4 is 10.4 Å². The molecule has 0 aliphatic carbocycles. The molecule has 0 unspecified atom stereocenters. The zero-order valence-electron chi connectivity index (χ0n) is 14.1. The third kappa shape index (κ3) is 3.39. The maximum atomic E-state index is 12.2. The summed E-state index contributed by atoms with van der Waals surface area (Å²) in [4.78, 5) is 13.2. The molecule has 0 aliphatic heterocycles. The first-order chi connectivity index (χ1) is 12.0. The van der Waals surface area contributed by atoms with E-state index in [1.165, 1.54) is 9.36 Å². The largest absolute Gasteiger partial charge is 0.508 e. The van der Waals surface area contributed by atoms with Crippen LogP contribution in [0.1, 0.15) is 11.1 Å². The van der Waals surface area contributed by atoms with Crippen molar-refractivity contribution in [3.05, 3.63) is 58.0 Å². The normalized spacial score (nSPS) is 10.8. The molecule has 3 aromatic rings. The van der Waals surface area contributed by atoms with Crippen LogP contribution in [0, 0.1) is 6.92 Å². The molecule has 0 saturated carbocycles. The van der Waals surface area contributed by atoms with E-state index in [1.807, 2.05) is 31.4 Å². The van der Waals surface area contributed by atoms with Gasteiger partial charge in [0, 0.05) is 17.5 Å². The monoisotopic (exact) mass is 358 g/mol. The van der Waals surface area contributed by atoms with E-state index in [0.29, 0.717) is 11.4 Å². The van der Waals surface area contributed by atoms with Gasteiger partial charge in [-0.3, -0.25) is 0 Å². The third-order valence-electron chi connectivity index (χ3n) is 3.81. The quantitative estimate of drug-likeness (QED) is 0.705. The van der Waals surface area contributed by atoms with Crippen LogP contribution in [0.25, 0.3) is 5.69 Å². The van der Waals surface area contributed by atoms with E-state index in [2.05, 4.69) is 10.4 Å². The smallest absolute Gasteiger partial charge is 0.368 e. The summed E-state index contributed by atoms with van der Waals surface area (Å²) in [5, 5.41) is 17.2. The summed E-state index contributed by atoms with van der Waals surface area (Å²) in [7, 11) is 1.56. The Bertz CT molecular complexity index is 965. The van der Waals surface area contributed by atoms with Gasteiger partial charge in [-0.1, -0.05) is 6.07 Å². The molecule has 130 valence electrons. The Balaban J connectivity index is 1.99. The molecule has 0 amide bonds. The van der Waals surface area contributed by atoms with Crippen molar-refractivity contribution >= 4 is 11.8 Å². The predicted molar refractivity (Wildman–Crippen MR) is 95.6 cm³/mol. The van der Waals surface area contributed by atoms with Crippen LogP contribution in [0.4, 0.5) is 0 Å². The summed E-state index contributed by atoms with van der Waals surface area (Å²) < 4.78 is 8.38. The molecule has 1 aromatic heterocycles. The Hall–Kier alpha value is -2.74. The van der Waals surface area contributed by atoms with E-state index < -0.39 is 0 Å². The molecule has 0 radical (unpaired) electrons. The van der Waals surface area contributed by atoms with Gasteiger partial charge in [-0.05, 0) is 59.5 Å². The first-order valence-corrected chi connectivity index (χ1v) is 8.81. The summed E-state index contributed by atoms with van der Waals surface area (Å²) in [5.74, 6) is 0.868. The van der Waals surface area contributed by atoms with Gasteiger partial charge in [0.25, 0.3) is 0 Å². The lowest BCUT2D eigenvalue weighted by Crippen LogP contribution is -2.23. The Labute approximate surface area is 148 Å². The Kier molecular flexibility index (Phi) is 4.80. The highest BCUT2D eigenvalue weighted by Crippen LogP contribution is 2.28. The summed E-state index contributed by atoms with van der Waals surface area (Å²) >= 11 is 1.57. The molecule has 2 aromatic carbocycles. The topological polar surface area (TPSA) is 82.2 Å². The Morgan fingerprint density at radius 2 is 2.04 bits per heavy atom. The van der Waals surface area contributed by atoms with Crippen molar-refractivity contribution < 1.29 is 9.84 Å². The van der Waals surface area contributed by atoms with E-state index in [4.69, 9.17) is 4.74 Å². The molecule has 0 aliphatic rings. The minimum absolute atomic E-state index is 0.196. The van der Waals surface area contributed by atoms with Gasteiger partial charge in [-0.25, -0.2) is 4.79 Å². The number of rotatable bonds is 5. The number of ether oxygens (including phenoxy) is 1. The molecule has 1 N–H and O–H groups in total. The molecular formula is C17H18N4O3S. The molecule has 8 heteroatoms. The lowest BCUT2D eigenvalue weighted by molar-refractivity contribution is 0.300. The Morgan fingerprint density at radius 1 is 1.24 bits per heavy atom. The predicted octanol–water partition coefficient (Wildman–Crippen LogP) is 2.28. The van der Waals surface area contributed by atoms with E-state index in [1.54, 1.807) is 37.0 Å². The number of hydrogen-bond acceptors (Lipinski definition) is 6. The van der Waals surface area contributed by atoms with Crippen molar-refractivity contribution in [3.8, 4) is 17.2 Å². The molecule has 3 rings (SSSR count). The SMILES string of the molecule is CSc1cccc(-n2nnn(C)c2=O)c1COc1ccc(O)cc1C. The lowest BCUT2D eigenvalue weighted by atomic mass is 10.2. The Morgan fingerprint density at radius 3 is 2.68 bits per heavy atom. The van der Waals surface area contributed by atoms with Gasteiger partial charge in [0.05, 0.1) is 5.69 Å². The summed E-state index contributed by atoms with van der Waals surface area (Å²) in [5.41, 5.74) is 2.01. The number of hydrogen-bond donors (Lipinski definition) is 1. The van der Waals surface area contributed by atoms with Crippen LogP contribution in [0.5, 0.6) is 11.5 Å². The van der Waals surface area contributed by atoms with Crippen molar-refractivity contribution in [3.63, 3.8) is 0 Å². The van der Waals surface area contributed by atoms with Gasteiger partial charge in [0.15, 0.2) is 0 Å². The number of nitrogens with zero attached hydrogens (tertiary/aromatic N) is 4. The number of phenols is 1. The first kappa shape index (κ1) is 17.1. The number of aromatic nitrogens is 4. The molecule has 0 fully saturated rings. The van der Waals surface area contributed by atoms with Crippen LogP contribution in [0.15, 0.2) is 46.1 Å². The second kappa shape index (κ2) is 7.02. The summed E-state index contributed by atoms with van der Waals surface area (Å²) in [6, 6.07) is 10.6. The number of benzene rings is 2. The average Bonchev–Trinajstić information content (AvgIpc) is 2.93. The van der Waals surface area contributed by atoms with Crippen molar-refractivity contribution in [2.45, 2.75) is 18.4 Å². The summed E-state index contributed by atoms with van der Waals surface area (Å²) in [6.07, 6.45) is 1.97. The molecule has 1 heterocycles. The maximum Gasteiger partial charge on any atom is 0.368 e. The highest BCUT2D eigenvalue weighted by atomic mass is 32.2. The van der Waals surface area contributed by atoms with E-state index in [-0.39, 0.29) is 18.0 Å². The van der Waals surface area contributed by atoms with Gasteiger partial charge in [0.1, 0.15) is 18.1 Å². The fraction of sp³-hybridized carbons (Fsp3) is 0.235. The molecule has 0 bridgehead atoms. The molecule has 0 atom stereocenters. The molecule has 25 heavy (non-hydrogen) atoms. The minimum Gasteiger partial charge on any atom is -0.508 e. The van der Waals surface area contributed by atoms with Crippen LogP contribution in [0.3, 0.4) is 0 Å². The molecular weight excluding hydrogens is 340 g/mol. The fourth-order valence-electron chi connectivity index (χ4n) is 2.50. The second-order valence-electron chi connectivity index (χ2n) is 5.49. The van der Waals surface area contributed by atoms with Crippen LogP contribution >= 0.6 is 11.8 Å². The van der Waals surface area contributed by atoms with E-state index in [0.717, 1.165) is 16.0 Å². The van der Waals surface area contributed by atoms with Crippen molar-refractivity contribution in [1.82, 2.24) is 19.8 Å². The van der Waals surface area contributed by atoms with Crippen LogP contribution in [-0.2, 0) is 13.7 Å². The average molecular weight is 358 g/mol. The summed E-state index contributed by atoms with van der Waals surface area (Å²) in [6.45, 7) is 2.13. The van der Waals surface area contributed by atoms with Gasteiger partial charge < -0.3 is 9.84 Å². The molecule has 0 saturated heterocycles. The van der Waals surface area contributed by atoms with Gasteiger partial charge in [-0.15, -0.1) is 11.8 Å². The van der Waals surface area contributed by atoms with E-state index in [9.17, 15) is 9.90 Å². The van der Waals surface area contributed by atoms with Crippen LogP contribution in [0.2, 0.25) is 0 Å².